The van der Waals surface area contributed by atoms with Gasteiger partial charge in [-0.3, -0.25) is 0 Å². The maximum atomic E-state index is 10.5. The van der Waals surface area contributed by atoms with Gasteiger partial charge in [-0.05, 0) is 6.92 Å². The smallest absolute Gasteiger partial charge is 0.251 e. The van der Waals surface area contributed by atoms with Crippen molar-refractivity contribution >= 4 is 15.9 Å². The van der Waals surface area contributed by atoms with Crippen molar-refractivity contribution in [2.24, 2.45) is 4.40 Å². The molecule has 0 aliphatic heterocycles. The SMILES string of the molecule is CC(=NS(C)(=O)=O)N(C)C. The fourth-order valence-corrected chi connectivity index (χ4v) is 0.965. The summed E-state index contributed by atoms with van der Waals surface area (Å²) >= 11 is 0. The van der Waals surface area contributed by atoms with Crippen LogP contribution >= 0.6 is 0 Å². The Labute approximate surface area is 61.6 Å². The first-order chi connectivity index (χ1) is 4.33. The summed E-state index contributed by atoms with van der Waals surface area (Å²) in [7, 11) is 0.258. The second kappa shape index (κ2) is 3.01. The second-order valence-corrected chi connectivity index (χ2v) is 3.91. The van der Waals surface area contributed by atoms with Gasteiger partial charge in [-0.2, -0.15) is 4.40 Å². The van der Waals surface area contributed by atoms with E-state index in [1.165, 1.54) is 0 Å². The average Bonchev–Trinajstić information content (AvgIpc) is 1.60. The average molecular weight is 164 g/mol. The Morgan fingerprint density at radius 1 is 1.40 bits per heavy atom. The minimum atomic E-state index is -3.22. The third-order valence-corrected chi connectivity index (χ3v) is 1.54. The Morgan fingerprint density at radius 3 is 1.90 bits per heavy atom. The second-order valence-electron chi connectivity index (χ2n) is 2.27. The lowest BCUT2D eigenvalue weighted by molar-refractivity contribution is 0.595. The van der Waals surface area contributed by atoms with Gasteiger partial charge in [0.1, 0.15) is 5.84 Å². The van der Waals surface area contributed by atoms with Gasteiger partial charge in [-0.15, -0.1) is 0 Å². The summed E-state index contributed by atoms with van der Waals surface area (Å²) < 4.78 is 24.5. The maximum absolute atomic E-state index is 10.5. The van der Waals surface area contributed by atoms with Crippen LogP contribution in [-0.4, -0.2) is 39.5 Å². The highest BCUT2D eigenvalue weighted by Gasteiger charge is 1.99. The zero-order valence-corrected chi connectivity index (χ0v) is 7.44. The van der Waals surface area contributed by atoms with E-state index >= 15 is 0 Å². The molecule has 0 saturated heterocycles. The number of sulfonamides is 1. The van der Waals surface area contributed by atoms with Crippen molar-refractivity contribution < 1.29 is 8.42 Å². The molecule has 0 radical (unpaired) electrons. The van der Waals surface area contributed by atoms with E-state index in [0.29, 0.717) is 5.84 Å². The molecule has 0 aliphatic carbocycles. The van der Waals surface area contributed by atoms with Crippen molar-refractivity contribution in [1.29, 1.82) is 0 Å². The Balaban J connectivity index is 4.49. The molecular weight excluding hydrogens is 152 g/mol. The molecule has 0 aromatic carbocycles. The van der Waals surface area contributed by atoms with Gasteiger partial charge >= 0.3 is 0 Å². The summed E-state index contributed by atoms with van der Waals surface area (Å²) in [5, 5.41) is 0. The zero-order valence-electron chi connectivity index (χ0n) is 6.62. The number of rotatable bonds is 1. The van der Waals surface area contributed by atoms with Crippen molar-refractivity contribution in [1.82, 2.24) is 4.90 Å². The van der Waals surface area contributed by atoms with Gasteiger partial charge in [0, 0.05) is 14.1 Å². The number of nitrogens with zero attached hydrogens (tertiary/aromatic N) is 2. The van der Waals surface area contributed by atoms with E-state index < -0.39 is 10.0 Å². The molecule has 0 N–H and O–H groups in total. The van der Waals surface area contributed by atoms with Gasteiger partial charge < -0.3 is 4.90 Å². The molecule has 5 heteroatoms. The van der Waals surface area contributed by atoms with Gasteiger partial charge in [0.05, 0.1) is 6.26 Å². The zero-order chi connectivity index (χ0) is 8.36. The minimum absolute atomic E-state index is 0.488. The van der Waals surface area contributed by atoms with Crippen LogP contribution in [0.15, 0.2) is 4.40 Å². The first kappa shape index (κ1) is 9.42. The summed E-state index contributed by atoms with van der Waals surface area (Å²) in [4.78, 5) is 1.64. The summed E-state index contributed by atoms with van der Waals surface area (Å²) in [6.07, 6.45) is 1.07. The molecule has 0 spiro atoms. The molecule has 10 heavy (non-hydrogen) atoms. The molecule has 0 amide bonds. The maximum Gasteiger partial charge on any atom is 0.251 e. The number of hydrogen-bond donors (Lipinski definition) is 0. The van der Waals surface area contributed by atoms with Crippen molar-refractivity contribution in [3.63, 3.8) is 0 Å². The molecule has 0 unspecified atom stereocenters. The molecule has 4 nitrogen and oxygen atoms in total. The number of hydrogen-bond acceptors (Lipinski definition) is 2. The molecule has 0 aliphatic rings. The monoisotopic (exact) mass is 164 g/mol. The molecular formula is C5H12N2O2S. The Morgan fingerprint density at radius 2 is 1.80 bits per heavy atom. The molecule has 0 rings (SSSR count). The van der Waals surface area contributed by atoms with E-state index in [9.17, 15) is 8.42 Å². The number of amidine groups is 1. The third-order valence-electron chi connectivity index (χ3n) is 0.945. The summed E-state index contributed by atoms with van der Waals surface area (Å²) in [6.45, 7) is 1.64. The highest BCUT2D eigenvalue weighted by molar-refractivity contribution is 7.89. The van der Waals surface area contributed by atoms with E-state index in [2.05, 4.69) is 4.40 Å². The summed E-state index contributed by atoms with van der Waals surface area (Å²) in [5.74, 6) is 0.488. The van der Waals surface area contributed by atoms with Crippen LogP contribution in [0.5, 0.6) is 0 Å². The molecule has 0 atom stereocenters. The molecule has 0 saturated carbocycles. The lowest BCUT2D eigenvalue weighted by Gasteiger charge is -2.09. The van der Waals surface area contributed by atoms with Crippen LogP contribution < -0.4 is 0 Å². The van der Waals surface area contributed by atoms with Gasteiger partial charge in [0.25, 0.3) is 10.0 Å². The molecule has 60 valence electrons. The van der Waals surface area contributed by atoms with E-state index in [0.717, 1.165) is 6.26 Å². The van der Waals surface area contributed by atoms with Gasteiger partial charge in [0.15, 0.2) is 0 Å². The van der Waals surface area contributed by atoms with Gasteiger partial charge in [-0.25, -0.2) is 8.42 Å². The van der Waals surface area contributed by atoms with Crippen molar-refractivity contribution in [2.45, 2.75) is 6.92 Å². The van der Waals surface area contributed by atoms with Crippen molar-refractivity contribution in [3.8, 4) is 0 Å². The van der Waals surface area contributed by atoms with Crippen LogP contribution in [0.3, 0.4) is 0 Å². The third kappa shape index (κ3) is 4.31. The summed E-state index contributed by atoms with van der Waals surface area (Å²) in [5.41, 5.74) is 0. The lowest BCUT2D eigenvalue weighted by Crippen LogP contribution is -2.19. The summed E-state index contributed by atoms with van der Waals surface area (Å²) in [6, 6.07) is 0. The van der Waals surface area contributed by atoms with Crippen LogP contribution in [0.25, 0.3) is 0 Å². The van der Waals surface area contributed by atoms with E-state index in [1.54, 1.807) is 25.9 Å². The predicted molar refractivity (Wildman–Crippen MR) is 41.6 cm³/mol. The molecule has 0 bridgehead atoms. The molecule has 0 aromatic heterocycles. The molecule has 0 heterocycles. The highest BCUT2D eigenvalue weighted by atomic mass is 32.2. The van der Waals surface area contributed by atoms with Crippen LogP contribution in [0.4, 0.5) is 0 Å². The molecule has 0 aromatic rings. The largest absolute Gasteiger partial charge is 0.366 e. The highest BCUT2D eigenvalue weighted by Crippen LogP contribution is 1.89. The van der Waals surface area contributed by atoms with Crippen molar-refractivity contribution in [3.05, 3.63) is 0 Å². The Bertz CT molecular complexity index is 228. The van der Waals surface area contributed by atoms with E-state index in [1.807, 2.05) is 0 Å². The quantitative estimate of drug-likeness (QED) is 0.402. The fourth-order valence-electron chi connectivity index (χ4n) is 0.322. The van der Waals surface area contributed by atoms with Gasteiger partial charge in [0.2, 0.25) is 0 Å². The van der Waals surface area contributed by atoms with Crippen molar-refractivity contribution in [2.75, 3.05) is 20.4 Å². The standard InChI is InChI=1S/C5H12N2O2S/c1-5(7(2)3)6-10(4,8)9/h1-4H3. The molecule has 0 fully saturated rings. The van der Waals surface area contributed by atoms with Gasteiger partial charge in [-0.1, -0.05) is 0 Å². The Kier molecular flexibility index (Phi) is 2.83. The van der Waals surface area contributed by atoms with Crippen LogP contribution in [0, 0.1) is 0 Å². The first-order valence-corrected chi connectivity index (χ1v) is 4.61. The minimum Gasteiger partial charge on any atom is -0.366 e. The fraction of sp³-hybridized carbons (Fsp3) is 0.800. The predicted octanol–water partition coefficient (Wildman–Crippen LogP) is -0.0740. The topological polar surface area (TPSA) is 49.7 Å². The van der Waals surface area contributed by atoms with E-state index in [4.69, 9.17) is 0 Å². The normalized spacial score (nSPS) is 13.4. The van der Waals surface area contributed by atoms with Crippen LogP contribution in [0.1, 0.15) is 6.92 Å². The lowest BCUT2D eigenvalue weighted by atomic mass is 10.6. The Hall–Kier alpha value is -0.580. The van der Waals surface area contributed by atoms with Crippen LogP contribution in [0.2, 0.25) is 0 Å². The van der Waals surface area contributed by atoms with Crippen LogP contribution in [-0.2, 0) is 10.0 Å². The first-order valence-electron chi connectivity index (χ1n) is 2.77. The van der Waals surface area contributed by atoms with E-state index in [-0.39, 0.29) is 0 Å².